The first kappa shape index (κ1) is 13.2. The summed E-state index contributed by atoms with van der Waals surface area (Å²) in [6.07, 6.45) is 2.36. The molecular formula is C11H17ClN2O2. The van der Waals surface area contributed by atoms with Crippen LogP contribution in [0.25, 0.3) is 0 Å². The maximum absolute atomic E-state index is 5.93. The van der Waals surface area contributed by atoms with E-state index in [1.807, 2.05) is 20.8 Å². The summed E-state index contributed by atoms with van der Waals surface area (Å²) < 4.78 is 10.9. The average molecular weight is 245 g/mol. The molecule has 0 radical (unpaired) electrons. The van der Waals surface area contributed by atoms with Crippen LogP contribution in [0.3, 0.4) is 0 Å². The second-order valence-corrected chi connectivity index (χ2v) is 3.93. The highest BCUT2D eigenvalue weighted by molar-refractivity contribution is 6.30. The van der Waals surface area contributed by atoms with Gasteiger partial charge in [0.15, 0.2) is 0 Å². The van der Waals surface area contributed by atoms with Crippen LogP contribution < -0.4 is 4.74 Å². The Morgan fingerprint density at radius 3 is 2.69 bits per heavy atom. The highest BCUT2D eigenvalue weighted by Gasteiger charge is 2.08. The third-order valence-corrected chi connectivity index (χ3v) is 2.31. The van der Waals surface area contributed by atoms with Crippen molar-refractivity contribution >= 4 is 11.6 Å². The van der Waals surface area contributed by atoms with E-state index in [4.69, 9.17) is 21.1 Å². The molecule has 0 unspecified atom stereocenters. The molecule has 0 saturated heterocycles. The van der Waals surface area contributed by atoms with Crippen molar-refractivity contribution in [3.63, 3.8) is 0 Å². The van der Waals surface area contributed by atoms with Crippen molar-refractivity contribution in [3.8, 4) is 5.88 Å². The molecular weight excluding hydrogens is 228 g/mol. The lowest BCUT2D eigenvalue weighted by Crippen LogP contribution is -2.12. The van der Waals surface area contributed by atoms with E-state index in [-0.39, 0.29) is 6.10 Å². The number of hydrogen-bond donors (Lipinski definition) is 0. The van der Waals surface area contributed by atoms with Crippen molar-refractivity contribution in [2.75, 3.05) is 13.2 Å². The minimum Gasteiger partial charge on any atom is -0.475 e. The zero-order valence-corrected chi connectivity index (χ0v) is 10.6. The summed E-state index contributed by atoms with van der Waals surface area (Å²) in [6.45, 7) is 6.97. The van der Waals surface area contributed by atoms with E-state index in [0.717, 1.165) is 12.0 Å². The summed E-state index contributed by atoms with van der Waals surface area (Å²) in [4.78, 5) is 7.96. The van der Waals surface area contributed by atoms with Crippen LogP contribution in [0.2, 0.25) is 5.15 Å². The van der Waals surface area contributed by atoms with Gasteiger partial charge in [-0.1, -0.05) is 18.5 Å². The summed E-state index contributed by atoms with van der Waals surface area (Å²) in [5, 5.41) is 0.456. The molecule has 0 amide bonds. The first-order valence-corrected chi connectivity index (χ1v) is 5.76. The van der Waals surface area contributed by atoms with Crippen LogP contribution in [0, 0.1) is 0 Å². The largest absolute Gasteiger partial charge is 0.475 e. The Hall–Kier alpha value is -0.870. The topological polar surface area (TPSA) is 44.2 Å². The fourth-order valence-corrected chi connectivity index (χ4v) is 1.48. The molecule has 0 atom stereocenters. The molecule has 4 nitrogen and oxygen atoms in total. The number of halogens is 1. The van der Waals surface area contributed by atoms with Crippen LogP contribution in [-0.2, 0) is 11.2 Å². The quantitative estimate of drug-likeness (QED) is 0.570. The van der Waals surface area contributed by atoms with Crippen LogP contribution in [0.15, 0.2) is 6.33 Å². The first-order chi connectivity index (χ1) is 7.65. The van der Waals surface area contributed by atoms with Crippen molar-refractivity contribution in [2.24, 2.45) is 0 Å². The van der Waals surface area contributed by atoms with Crippen molar-refractivity contribution in [2.45, 2.75) is 33.3 Å². The number of ether oxygens (including phenoxy) is 2. The second kappa shape index (κ2) is 6.66. The van der Waals surface area contributed by atoms with Gasteiger partial charge in [0.25, 0.3) is 0 Å². The Kier molecular flexibility index (Phi) is 5.49. The molecule has 0 spiro atoms. The van der Waals surface area contributed by atoms with Gasteiger partial charge in [0.1, 0.15) is 18.1 Å². The van der Waals surface area contributed by atoms with E-state index in [1.54, 1.807) is 0 Å². The molecule has 1 aromatic heterocycles. The molecule has 0 bridgehead atoms. The molecule has 1 aromatic rings. The van der Waals surface area contributed by atoms with Gasteiger partial charge in [-0.3, -0.25) is 0 Å². The van der Waals surface area contributed by atoms with Gasteiger partial charge < -0.3 is 9.47 Å². The number of hydrogen-bond acceptors (Lipinski definition) is 4. The lowest BCUT2D eigenvalue weighted by molar-refractivity contribution is 0.0540. The molecule has 1 heterocycles. The zero-order valence-electron chi connectivity index (χ0n) is 9.86. The maximum atomic E-state index is 5.93. The monoisotopic (exact) mass is 244 g/mol. The standard InChI is InChI=1S/C11H17ClN2O2/c1-4-9-10(12)13-7-14-11(9)16-6-5-15-8(2)3/h7-8H,4-6H2,1-3H3. The minimum absolute atomic E-state index is 0.211. The summed E-state index contributed by atoms with van der Waals surface area (Å²) in [7, 11) is 0. The summed E-state index contributed by atoms with van der Waals surface area (Å²) >= 11 is 5.93. The Morgan fingerprint density at radius 2 is 2.06 bits per heavy atom. The molecule has 5 heteroatoms. The molecule has 0 aliphatic rings. The van der Waals surface area contributed by atoms with Gasteiger partial charge in [0.2, 0.25) is 5.88 Å². The molecule has 90 valence electrons. The van der Waals surface area contributed by atoms with Gasteiger partial charge >= 0.3 is 0 Å². The lowest BCUT2D eigenvalue weighted by atomic mass is 10.2. The number of aromatic nitrogens is 2. The molecule has 0 fully saturated rings. The molecule has 16 heavy (non-hydrogen) atoms. The molecule has 0 saturated carbocycles. The Labute approximate surface area is 101 Å². The van der Waals surface area contributed by atoms with E-state index >= 15 is 0 Å². The van der Waals surface area contributed by atoms with E-state index in [9.17, 15) is 0 Å². The minimum atomic E-state index is 0.211. The summed E-state index contributed by atoms with van der Waals surface area (Å²) in [6, 6.07) is 0. The van der Waals surface area contributed by atoms with Crippen molar-refractivity contribution < 1.29 is 9.47 Å². The fourth-order valence-electron chi connectivity index (χ4n) is 1.22. The molecule has 0 aliphatic carbocycles. The molecule has 1 rings (SSSR count). The molecule has 0 N–H and O–H groups in total. The van der Waals surface area contributed by atoms with Crippen molar-refractivity contribution in [1.29, 1.82) is 0 Å². The summed E-state index contributed by atoms with van der Waals surface area (Å²) in [5.74, 6) is 0.551. The van der Waals surface area contributed by atoms with Gasteiger partial charge in [0, 0.05) is 0 Å². The highest BCUT2D eigenvalue weighted by atomic mass is 35.5. The van der Waals surface area contributed by atoms with E-state index in [1.165, 1.54) is 6.33 Å². The van der Waals surface area contributed by atoms with Gasteiger partial charge in [0.05, 0.1) is 18.3 Å². The number of rotatable bonds is 6. The van der Waals surface area contributed by atoms with E-state index in [0.29, 0.717) is 24.2 Å². The van der Waals surface area contributed by atoms with Crippen molar-refractivity contribution in [1.82, 2.24) is 9.97 Å². The van der Waals surface area contributed by atoms with Gasteiger partial charge in [-0.05, 0) is 20.3 Å². The molecule has 0 aromatic carbocycles. The average Bonchev–Trinajstić information content (AvgIpc) is 2.24. The third kappa shape index (κ3) is 3.94. The van der Waals surface area contributed by atoms with E-state index in [2.05, 4.69) is 9.97 Å². The van der Waals surface area contributed by atoms with Crippen LogP contribution in [-0.4, -0.2) is 29.3 Å². The van der Waals surface area contributed by atoms with Crippen molar-refractivity contribution in [3.05, 3.63) is 17.0 Å². The fraction of sp³-hybridized carbons (Fsp3) is 0.636. The molecule has 0 aliphatic heterocycles. The third-order valence-electron chi connectivity index (χ3n) is 1.98. The second-order valence-electron chi connectivity index (χ2n) is 3.57. The van der Waals surface area contributed by atoms with Crippen LogP contribution >= 0.6 is 11.6 Å². The van der Waals surface area contributed by atoms with Gasteiger partial charge in [-0.15, -0.1) is 0 Å². The maximum Gasteiger partial charge on any atom is 0.221 e. The lowest BCUT2D eigenvalue weighted by Gasteiger charge is -2.11. The predicted octanol–water partition coefficient (Wildman–Crippen LogP) is 2.50. The Bertz CT molecular complexity index is 332. The Balaban J connectivity index is 2.50. The number of nitrogens with zero attached hydrogens (tertiary/aromatic N) is 2. The zero-order chi connectivity index (χ0) is 12.0. The van der Waals surface area contributed by atoms with Crippen LogP contribution in [0.5, 0.6) is 5.88 Å². The summed E-state index contributed by atoms with van der Waals surface area (Å²) in [5.41, 5.74) is 0.841. The highest BCUT2D eigenvalue weighted by Crippen LogP contribution is 2.21. The Morgan fingerprint density at radius 1 is 1.31 bits per heavy atom. The van der Waals surface area contributed by atoms with Gasteiger partial charge in [-0.2, -0.15) is 0 Å². The van der Waals surface area contributed by atoms with Gasteiger partial charge in [-0.25, -0.2) is 9.97 Å². The van der Waals surface area contributed by atoms with Crippen LogP contribution in [0.4, 0.5) is 0 Å². The van der Waals surface area contributed by atoms with E-state index < -0.39 is 0 Å². The SMILES string of the molecule is CCc1c(Cl)ncnc1OCCOC(C)C. The normalized spacial score (nSPS) is 10.8. The predicted molar refractivity (Wildman–Crippen MR) is 63.0 cm³/mol. The van der Waals surface area contributed by atoms with Crippen LogP contribution in [0.1, 0.15) is 26.3 Å². The smallest absolute Gasteiger partial charge is 0.221 e. The first-order valence-electron chi connectivity index (χ1n) is 5.39.